The Labute approximate surface area is 216 Å². The molecule has 1 fully saturated rings. The maximum Gasteiger partial charge on any atom is 0.459 e. The lowest BCUT2D eigenvalue weighted by molar-refractivity contribution is 0.00578. The molecule has 184 valence electrons. The topological polar surface area (TPSA) is 21.7 Å². The predicted molar refractivity (Wildman–Crippen MR) is 150 cm³/mol. The molecule has 5 rings (SSSR count). The molecule has 4 aromatic rings. The van der Waals surface area contributed by atoms with E-state index in [-0.39, 0.29) is 24.4 Å². The summed E-state index contributed by atoms with van der Waals surface area (Å²) >= 11 is 0. The van der Waals surface area contributed by atoms with Crippen molar-refractivity contribution in [2.24, 2.45) is 0 Å². The van der Waals surface area contributed by atoms with Crippen LogP contribution in [0.4, 0.5) is 0 Å². The van der Waals surface area contributed by atoms with Crippen molar-refractivity contribution in [3.05, 3.63) is 120 Å². The number of hydrogen-bond acceptors (Lipinski definition) is 3. The Hall–Kier alpha value is -2.92. The fraction of sp³-hybridized carbons (Fsp3) is 0.312. The van der Waals surface area contributed by atoms with Crippen molar-refractivity contribution in [2.75, 3.05) is 0 Å². The zero-order valence-electron chi connectivity index (χ0n) is 21.9. The van der Waals surface area contributed by atoms with Crippen LogP contribution in [-0.2, 0) is 22.4 Å². The summed E-state index contributed by atoms with van der Waals surface area (Å²) in [5.74, 6) is 0. The fourth-order valence-electron chi connectivity index (χ4n) is 5.07. The van der Waals surface area contributed by atoms with Gasteiger partial charge in [-0.1, -0.05) is 97.1 Å². The van der Waals surface area contributed by atoms with Crippen molar-refractivity contribution in [1.29, 1.82) is 0 Å². The van der Waals surface area contributed by atoms with E-state index in [2.05, 4.69) is 136 Å². The Morgan fingerprint density at radius 3 is 1.69 bits per heavy atom. The average Bonchev–Trinajstić information content (AvgIpc) is 3.08. The quantitative estimate of drug-likeness (QED) is 0.243. The van der Waals surface area contributed by atoms with Gasteiger partial charge < -0.3 is 9.31 Å². The van der Waals surface area contributed by atoms with Gasteiger partial charge in [0, 0.05) is 25.5 Å². The zero-order valence-corrected chi connectivity index (χ0v) is 21.9. The second-order valence-electron chi connectivity index (χ2n) is 10.9. The number of hydrogen-bond donors (Lipinski definition) is 0. The van der Waals surface area contributed by atoms with Crippen LogP contribution in [0, 0.1) is 0 Å². The molecule has 1 aliphatic heterocycles. The summed E-state index contributed by atoms with van der Waals surface area (Å²) in [4.78, 5) is 2.57. The molecule has 0 amide bonds. The van der Waals surface area contributed by atoms with Gasteiger partial charge in [0.25, 0.3) is 0 Å². The normalized spacial score (nSPS) is 17.5. The van der Waals surface area contributed by atoms with Crippen LogP contribution in [0.25, 0.3) is 10.8 Å². The lowest BCUT2D eigenvalue weighted by atomic mass is 9.77. The van der Waals surface area contributed by atoms with Gasteiger partial charge in [0.2, 0.25) is 0 Å². The molecule has 0 bridgehead atoms. The predicted octanol–water partition coefficient (Wildman–Crippen LogP) is 7.68. The smallest absolute Gasteiger partial charge is 0.403 e. The van der Waals surface area contributed by atoms with Crippen molar-refractivity contribution in [3.8, 4) is 0 Å². The van der Waals surface area contributed by atoms with Gasteiger partial charge >= 0.3 is 7.12 Å². The molecule has 0 spiro atoms. The highest BCUT2D eigenvalue weighted by molar-refractivity contribution is 6.45. The molecule has 0 N–H and O–H groups in total. The summed E-state index contributed by atoms with van der Waals surface area (Å²) in [6.45, 7) is 10.2. The molecule has 0 aromatic heterocycles. The SMILES string of the molecule is CC1(C)OB(C[C@@H](c2ccc3ccccc3c2)N(Cc2ccccc2)Cc2ccccc2)OC1(C)C. The monoisotopic (exact) mass is 477 g/mol. The minimum absolute atomic E-state index is 0.115. The van der Waals surface area contributed by atoms with Gasteiger partial charge in [0.1, 0.15) is 0 Å². The van der Waals surface area contributed by atoms with Gasteiger partial charge in [0.05, 0.1) is 11.2 Å². The second-order valence-corrected chi connectivity index (χ2v) is 10.9. The van der Waals surface area contributed by atoms with Crippen molar-refractivity contribution < 1.29 is 9.31 Å². The molecule has 4 heteroatoms. The van der Waals surface area contributed by atoms with Gasteiger partial charge in [0.15, 0.2) is 0 Å². The molecule has 1 atom stereocenters. The molecule has 36 heavy (non-hydrogen) atoms. The third-order valence-corrected chi connectivity index (χ3v) is 7.77. The van der Waals surface area contributed by atoms with E-state index in [1.165, 1.54) is 27.5 Å². The molecular weight excluding hydrogens is 441 g/mol. The minimum Gasteiger partial charge on any atom is -0.403 e. The van der Waals surface area contributed by atoms with Crippen molar-refractivity contribution in [1.82, 2.24) is 4.90 Å². The number of fused-ring (bicyclic) bond motifs is 1. The molecule has 1 saturated heterocycles. The van der Waals surface area contributed by atoms with Crippen LogP contribution < -0.4 is 0 Å². The minimum atomic E-state index is -0.352. The van der Waals surface area contributed by atoms with Crippen LogP contribution in [-0.4, -0.2) is 23.2 Å². The highest BCUT2D eigenvalue weighted by Crippen LogP contribution is 2.41. The van der Waals surface area contributed by atoms with Gasteiger partial charge in [-0.3, -0.25) is 4.90 Å². The lowest BCUT2D eigenvalue weighted by Gasteiger charge is -2.33. The Balaban J connectivity index is 1.54. The van der Waals surface area contributed by atoms with E-state index in [9.17, 15) is 0 Å². The maximum absolute atomic E-state index is 6.51. The zero-order chi connectivity index (χ0) is 25.2. The number of benzene rings is 4. The molecule has 1 aliphatic rings. The van der Waals surface area contributed by atoms with Gasteiger partial charge in [-0.15, -0.1) is 0 Å². The first-order valence-electron chi connectivity index (χ1n) is 13.0. The first-order valence-corrected chi connectivity index (χ1v) is 13.0. The summed E-state index contributed by atoms with van der Waals surface area (Å²) < 4.78 is 13.0. The number of nitrogens with zero attached hydrogens (tertiary/aromatic N) is 1. The standard InChI is InChI=1S/C32H36BNO2/c1-31(2)32(3,4)36-33(35-31)22-30(29-20-19-27-17-11-12-18-28(27)21-29)34(23-25-13-7-5-8-14-25)24-26-15-9-6-10-16-26/h5-21,30H,22-24H2,1-4H3/t30-/m0/s1. The van der Waals surface area contributed by atoms with Crippen LogP contribution in [0.3, 0.4) is 0 Å². The van der Waals surface area contributed by atoms with E-state index in [0.717, 1.165) is 19.4 Å². The average molecular weight is 477 g/mol. The third kappa shape index (κ3) is 5.41. The third-order valence-electron chi connectivity index (χ3n) is 7.77. The second kappa shape index (κ2) is 10.2. The highest BCUT2D eigenvalue weighted by Gasteiger charge is 2.51. The molecular formula is C32H36BNO2. The first kappa shape index (κ1) is 24.8. The van der Waals surface area contributed by atoms with Crippen LogP contribution in [0.1, 0.15) is 50.4 Å². The molecule has 1 heterocycles. The highest BCUT2D eigenvalue weighted by atomic mass is 16.7. The van der Waals surface area contributed by atoms with E-state index in [1.54, 1.807) is 0 Å². The summed E-state index contributed by atoms with van der Waals surface area (Å²) in [5.41, 5.74) is 3.18. The van der Waals surface area contributed by atoms with Crippen molar-refractivity contribution >= 4 is 17.9 Å². The van der Waals surface area contributed by atoms with Crippen LogP contribution in [0.2, 0.25) is 6.32 Å². The van der Waals surface area contributed by atoms with Crippen molar-refractivity contribution in [3.63, 3.8) is 0 Å². The van der Waals surface area contributed by atoms with Gasteiger partial charge in [-0.25, -0.2) is 0 Å². The molecule has 0 radical (unpaired) electrons. The molecule has 0 aliphatic carbocycles. The van der Waals surface area contributed by atoms with E-state index in [1.807, 2.05) is 0 Å². The summed E-state index contributed by atoms with van der Waals surface area (Å²) in [5, 5.41) is 2.52. The molecule has 3 nitrogen and oxygen atoms in total. The molecule has 0 saturated carbocycles. The fourth-order valence-corrected chi connectivity index (χ4v) is 5.07. The Bertz CT molecular complexity index is 1230. The number of rotatable bonds is 8. The van der Waals surface area contributed by atoms with E-state index in [0.29, 0.717) is 0 Å². The largest absolute Gasteiger partial charge is 0.459 e. The van der Waals surface area contributed by atoms with Gasteiger partial charge in [-0.2, -0.15) is 0 Å². The van der Waals surface area contributed by atoms with E-state index < -0.39 is 0 Å². The van der Waals surface area contributed by atoms with Gasteiger partial charge in [-0.05, 0) is 61.2 Å². The van der Waals surface area contributed by atoms with E-state index >= 15 is 0 Å². The Kier molecular flexibility index (Phi) is 7.03. The Morgan fingerprint density at radius 1 is 0.639 bits per heavy atom. The molecule has 0 unspecified atom stereocenters. The van der Waals surface area contributed by atoms with Crippen LogP contribution in [0.15, 0.2) is 103 Å². The Morgan fingerprint density at radius 2 is 1.14 bits per heavy atom. The van der Waals surface area contributed by atoms with Crippen LogP contribution in [0.5, 0.6) is 0 Å². The van der Waals surface area contributed by atoms with Crippen LogP contribution >= 0.6 is 0 Å². The molecule has 4 aromatic carbocycles. The van der Waals surface area contributed by atoms with E-state index in [4.69, 9.17) is 9.31 Å². The summed E-state index contributed by atoms with van der Waals surface area (Å²) in [6.07, 6.45) is 0.755. The summed E-state index contributed by atoms with van der Waals surface area (Å²) in [6, 6.07) is 37.1. The summed E-state index contributed by atoms with van der Waals surface area (Å²) in [7, 11) is -0.277. The first-order chi connectivity index (χ1) is 17.3. The maximum atomic E-state index is 6.51. The lowest BCUT2D eigenvalue weighted by Crippen LogP contribution is -2.41. The van der Waals surface area contributed by atoms with Crippen molar-refractivity contribution in [2.45, 2.75) is 64.3 Å².